The van der Waals surface area contributed by atoms with E-state index in [0.717, 1.165) is 25.7 Å². The molecule has 0 atom stereocenters. The molecule has 2 saturated carbocycles. The van der Waals surface area contributed by atoms with Gasteiger partial charge in [0, 0.05) is 17.9 Å². The summed E-state index contributed by atoms with van der Waals surface area (Å²) in [7, 11) is 0. The predicted octanol–water partition coefficient (Wildman–Crippen LogP) is 3.74. The van der Waals surface area contributed by atoms with E-state index >= 15 is 0 Å². The number of nitrogens with two attached hydrogens (primary N) is 1. The summed E-state index contributed by atoms with van der Waals surface area (Å²) in [6.07, 6.45) is -5.35. The Balaban J connectivity index is 0.000000321. The lowest BCUT2D eigenvalue weighted by Gasteiger charge is -2.34. The van der Waals surface area contributed by atoms with Gasteiger partial charge in [-0.05, 0) is 38.5 Å². The molecule has 1 aromatic rings. The minimum atomic E-state index is -5.08. The summed E-state index contributed by atoms with van der Waals surface area (Å²) in [5.41, 5.74) is 5.84. The fourth-order valence-corrected chi connectivity index (χ4v) is 3.03. The molecular formula is C15H19F6N3O3. The number of aliphatic carboxylic acids is 1. The van der Waals surface area contributed by atoms with Crippen LogP contribution in [0.2, 0.25) is 0 Å². The summed E-state index contributed by atoms with van der Waals surface area (Å²) < 4.78 is 74.7. The molecule has 0 radical (unpaired) electrons. The smallest absolute Gasteiger partial charge is 0.475 e. The van der Waals surface area contributed by atoms with Gasteiger partial charge in [0.2, 0.25) is 11.8 Å². The lowest BCUT2D eigenvalue weighted by atomic mass is 9.74. The Bertz CT molecular complexity index is 631. The normalized spacial score (nSPS) is 28.7. The van der Waals surface area contributed by atoms with Crippen LogP contribution in [0.1, 0.15) is 62.1 Å². The van der Waals surface area contributed by atoms with Crippen molar-refractivity contribution in [1.29, 1.82) is 0 Å². The summed E-state index contributed by atoms with van der Waals surface area (Å²) in [6.45, 7) is 0. The van der Waals surface area contributed by atoms with Gasteiger partial charge >= 0.3 is 18.3 Å². The molecule has 2 aliphatic carbocycles. The first kappa shape index (κ1) is 21.5. The predicted molar refractivity (Wildman–Crippen MR) is 78.7 cm³/mol. The van der Waals surface area contributed by atoms with E-state index in [1.165, 1.54) is 0 Å². The molecule has 0 saturated heterocycles. The van der Waals surface area contributed by atoms with Gasteiger partial charge in [-0.1, -0.05) is 0 Å². The van der Waals surface area contributed by atoms with Crippen LogP contribution in [0.4, 0.5) is 26.3 Å². The van der Waals surface area contributed by atoms with E-state index in [-0.39, 0.29) is 30.7 Å². The standard InChI is InChI=1S/C13H18F3N3O.C2HF3O2/c14-13(15,16)9-5-8(6-9)12-19-18-11(20-12)7-1-3-10(17)4-2-7;3-2(4,5)1(6)7/h7-10H,1-6,17H2;(H,6,7)/t7-,8-,9+,10-;. The van der Waals surface area contributed by atoms with Crippen LogP contribution in [0.5, 0.6) is 0 Å². The van der Waals surface area contributed by atoms with Crippen LogP contribution in [-0.4, -0.2) is 39.7 Å². The average Bonchev–Trinajstić information content (AvgIpc) is 2.94. The first-order valence-electron chi connectivity index (χ1n) is 8.33. The second-order valence-electron chi connectivity index (χ2n) is 6.80. The third kappa shape index (κ3) is 5.81. The highest BCUT2D eigenvalue weighted by atomic mass is 19.4. The SMILES string of the molecule is N[C@H]1CC[C@H](c2nnc([C@H]3C[C@@H](C(F)(F)F)C3)o2)CC1.O=C(O)C(F)(F)F. The van der Waals surface area contributed by atoms with E-state index in [4.69, 9.17) is 20.1 Å². The number of hydrogen-bond acceptors (Lipinski definition) is 5. The molecule has 2 fully saturated rings. The highest BCUT2D eigenvalue weighted by molar-refractivity contribution is 5.73. The molecule has 0 aromatic carbocycles. The van der Waals surface area contributed by atoms with Crippen molar-refractivity contribution >= 4 is 5.97 Å². The zero-order valence-electron chi connectivity index (χ0n) is 14.1. The third-order valence-corrected chi connectivity index (χ3v) is 4.77. The van der Waals surface area contributed by atoms with Crippen molar-refractivity contribution in [2.45, 2.75) is 68.8 Å². The zero-order valence-corrected chi connectivity index (χ0v) is 14.1. The van der Waals surface area contributed by atoms with Crippen LogP contribution in [0.25, 0.3) is 0 Å². The van der Waals surface area contributed by atoms with Gasteiger partial charge in [0.05, 0.1) is 5.92 Å². The van der Waals surface area contributed by atoms with Crippen LogP contribution in [0.15, 0.2) is 4.42 Å². The Morgan fingerprint density at radius 3 is 1.81 bits per heavy atom. The zero-order chi connectivity index (χ0) is 20.4. The molecule has 0 amide bonds. The summed E-state index contributed by atoms with van der Waals surface area (Å²) in [5.74, 6) is -3.04. The molecule has 0 unspecified atom stereocenters. The van der Waals surface area contributed by atoms with Gasteiger partial charge in [0.15, 0.2) is 0 Å². The number of carboxylic acid groups (broad SMARTS) is 1. The van der Waals surface area contributed by atoms with Gasteiger partial charge in [-0.25, -0.2) is 4.79 Å². The van der Waals surface area contributed by atoms with Gasteiger partial charge in [-0.3, -0.25) is 0 Å². The molecule has 6 nitrogen and oxygen atoms in total. The van der Waals surface area contributed by atoms with Crippen molar-refractivity contribution in [3.63, 3.8) is 0 Å². The van der Waals surface area contributed by atoms with Gasteiger partial charge in [-0.15, -0.1) is 10.2 Å². The number of carboxylic acids is 1. The van der Waals surface area contributed by atoms with Crippen LogP contribution in [-0.2, 0) is 4.79 Å². The van der Waals surface area contributed by atoms with Crippen LogP contribution >= 0.6 is 0 Å². The summed E-state index contributed by atoms with van der Waals surface area (Å²) in [5, 5.41) is 15.1. The molecule has 1 heterocycles. The summed E-state index contributed by atoms with van der Waals surface area (Å²) >= 11 is 0. The Kier molecular flexibility index (Phi) is 6.38. The number of hydrogen-bond donors (Lipinski definition) is 2. The Hall–Kier alpha value is -1.85. The Morgan fingerprint density at radius 1 is 0.963 bits per heavy atom. The van der Waals surface area contributed by atoms with Crippen LogP contribution < -0.4 is 5.73 Å². The molecule has 3 N–H and O–H groups in total. The Labute approximate surface area is 150 Å². The fourth-order valence-electron chi connectivity index (χ4n) is 3.03. The van der Waals surface area contributed by atoms with Crippen molar-refractivity contribution in [1.82, 2.24) is 10.2 Å². The minimum Gasteiger partial charge on any atom is -0.475 e. The molecule has 1 aromatic heterocycles. The van der Waals surface area contributed by atoms with Crippen molar-refractivity contribution in [3.05, 3.63) is 11.8 Å². The molecular weight excluding hydrogens is 384 g/mol. The first-order chi connectivity index (χ1) is 12.4. The highest BCUT2D eigenvalue weighted by Crippen LogP contribution is 2.49. The van der Waals surface area contributed by atoms with Gasteiger partial charge < -0.3 is 15.3 Å². The quantitative estimate of drug-likeness (QED) is 0.730. The maximum atomic E-state index is 12.4. The molecule has 2 aliphatic rings. The van der Waals surface area contributed by atoms with E-state index in [9.17, 15) is 26.3 Å². The molecule has 0 bridgehead atoms. The summed E-state index contributed by atoms with van der Waals surface area (Å²) in [6, 6.07) is 0.243. The molecule has 12 heteroatoms. The Morgan fingerprint density at radius 2 is 1.41 bits per heavy atom. The first-order valence-corrected chi connectivity index (χ1v) is 8.33. The number of halogens is 6. The maximum Gasteiger partial charge on any atom is 0.490 e. The molecule has 27 heavy (non-hydrogen) atoms. The van der Waals surface area contributed by atoms with Gasteiger partial charge in [0.1, 0.15) is 0 Å². The summed E-state index contributed by atoms with van der Waals surface area (Å²) in [4.78, 5) is 8.90. The van der Waals surface area contributed by atoms with E-state index in [1.54, 1.807) is 0 Å². The van der Waals surface area contributed by atoms with Gasteiger partial charge in [-0.2, -0.15) is 26.3 Å². The van der Waals surface area contributed by atoms with Crippen LogP contribution in [0.3, 0.4) is 0 Å². The fraction of sp³-hybridized carbons (Fsp3) is 0.800. The van der Waals surface area contributed by atoms with Crippen molar-refractivity contribution in [2.75, 3.05) is 0 Å². The largest absolute Gasteiger partial charge is 0.490 e. The monoisotopic (exact) mass is 403 g/mol. The van der Waals surface area contributed by atoms with Gasteiger partial charge in [0.25, 0.3) is 0 Å². The highest BCUT2D eigenvalue weighted by Gasteiger charge is 2.49. The van der Waals surface area contributed by atoms with E-state index < -0.39 is 24.2 Å². The lowest BCUT2D eigenvalue weighted by Crippen LogP contribution is -2.34. The maximum absolute atomic E-state index is 12.4. The van der Waals surface area contributed by atoms with E-state index in [0.29, 0.717) is 11.8 Å². The van der Waals surface area contributed by atoms with E-state index in [2.05, 4.69) is 10.2 Å². The van der Waals surface area contributed by atoms with Crippen molar-refractivity contribution in [3.8, 4) is 0 Å². The van der Waals surface area contributed by atoms with Crippen molar-refractivity contribution in [2.24, 2.45) is 11.7 Å². The number of carbonyl (C=O) groups is 1. The molecule has 0 aliphatic heterocycles. The number of aromatic nitrogens is 2. The number of rotatable bonds is 2. The minimum absolute atomic E-state index is 0.0701. The van der Waals surface area contributed by atoms with Crippen LogP contribution in [0, 0.1) is 5.92 Å². The average molecular weight is 403 g/mol. The second-order valence-corrected chi connectivity index (χ2v) is 6.80. The van der Waals surface area contributed by atoms with Crippen molar-refractivity contribution < 1.29 is 40.7 Å². The second kappa shape index (κ2) is 8.03. The van der Waals surface area contributed by atoms with E-state index in [1.807, 2.05) is 0 Å². The molecule has 0 spiro atoms. The molecule has 154 valence electrons. The lowest BCUT2D eigenvalue weighted by molar-refractivity contribution is -0.198. The number of alkyl halides is 6. The third-order valence-electron chi connectivity index (χ3n) is 4.77. The topological polar surface area (TPSA) is 102 Å². The molecule has 3 rings (SSSR count). The number of nitrogens with zero attached hydrogens (tertiary/aromatic N) is 2.